The molecule has 6 heteroatoms. The molecular weight excluding hydrogens is 330 g/mol. The molecule has 1 atom stereocenters. The van der Waals surface area contributed by atoms with Crippen molar-refractivity contribution in [3.05, 3.63) is 40.8 Å². The second kappa shape index (κ2) is 7.50. The van der Waals surface area contributed by atoms with Crippen LogP contribution < -0.4 is 10.5 Å². The number of piperidine rings is 1. The first-order valence-electron chi connectivity index (χ1n) is 9.31. The van der Waals surface area contributed by atoms with Crippen molar-refractivity contribution in [3.8, 4) is 5.75 Å². The van der Waals surface area contributed by atoms with Crippen molar-refractivity contribution in [3.63, 3.8) is 0 Å². The van der Waals surface area contributed by atoms with E-state index in [0.717, 1.165) is 37.2 Å². The highest BCUT2D eigenvalue weighted by atomic mass is 16.5. The molecule has 0 bridgehead atoms. The Morgan fingerprint density at radius 2 is 2.00 bits per heavy atom. The zero-order valence-electron chi connectivity index (χ0n) is 15.7. The largest absolute Gasteiger partial charge is 0.441 e. The van der Waals surface area contributed by atoms with Gasteiger partial charge >= 0.3 is 0 Å². The zero-order valence-corrected chi connectivity index (χ0v) is 15.7. The number of carbonyl (C=O) groups excluding carboxylic acids is 2. The number of hydrogen-bond acceptors (Lipinski definition) is 5. The van der Waals surface area contributed by atoms with Gasteiger partial charge in [0.1, 0.15) is 5.75 Å². The molecule has 2 amide bonds. The first-order chi connectivity index (χ1) is 12.5. The molecule has 140 valence electrons. The maximum atomic E-state index is 13.0. The van der Waals surface area contributed by atoms with Gasteiger partial charge < -0.3 is 15.4 Å². The summed E-state index contributed by atoms with van der Waals surface area (Å²) >= 11 is 0. The summed E-state index contributed by atoms with van der Waals surface area (Å²) in [6.07, 6.45) is 1.01. The van der Waals surface area contributed by atoms with E-state index in [0.29, 0.717) is 17.9 Å². The summed E-state index contributed by atoms with van der Waals surface area (Å²) in [6, 6.07) is 5.76. The van der Waals surface area contributed by atoms with E-state index in [1.54, 1.807) is 0 Å². The van der Waals surface area contributed by atoms with Crippen LogP contribution >= 0.6 is 0 Å². The molecule has 6 nitrogen and oxygen atoms in total. The van der Waals surface area contributed by atoms with Crippen molar-refractivity contribution in [2.45, 2.75) is 39.5 Å². The maximum absolute atomic E-state index is 13.0. The zero-order chi connectivity index (χ0) is 18.8. The summed E-state index contributed by atoms with van der Waals surface area (Å²) < 4.78 is 5.68. The fourth-order valence-electron chi connectivity index (χ4n) is 3.76. The monoisotopic (exact) mass is 357 g/mol. The number of aryl methyl sites for hydroxylation is 1. The van der Waals surface area contributed by atoms with Crippen molar-refractivity contribution in [1.29, 1.82) is 0 Å². The SMILES string of the molecule is CCN(CC)CCCN1C(=O)CC2C(=C(N)Oc3ccc(C)cc32)C1=O. The highest BCUT2D eigenvalue weighted by Gasteiger charge is 2.43. The fraction of sp³-hybridized carbons (Fsp3) is 0.500. The standard InChI is InChI=1S/C20H27N3O3/c1-4-22(5-2)9-6-10-23-17(24)12-15-14-11-13(3)7-8-16(14)26-19(21)18(15)20(23)25/h7-8,11,15H,4-6,9-10,12,21H2,1-3H3. The van der Waals surface area contributed by atoms with Crippen LogP contribution in [0, 0.1) is 6.92 Å². The molecule has 0 radical (unpaired) electrons. The van der Waals surface area contributed by atoms with Crippen LogP contribution in [0.15, 0.2) is 29.7 Å². The number of benzene rings is 1. The van der Waals surface area contributed by atoms with E-state index in [2.05, 4.69) is 18.7 Å². The third kappa shape index (κ3) is 3.33. The van der Waals surface area contributed by atoms with Crippen LogP contribution in [0.3, 0.4) is 0 Å². The van der Waals surface area contributed by atoms with Gasteiger partial charge in [-0.25, -0.2) is 0 Å². The molecule has 0 saturated carbocycles. The minimum Gasteiger partial charge on any atom is -0.441 e. The molecule has 0 aliphatic carbocycles. The topological polar surface area (TPSA) is 75.9 Å². The Bertz CT molecular complexity index is 753. The molecular formula is C20H27N3O3. The molecule has 2 aliphatic heterocycles. The number of imide groups is 1. The van der Waals surface area contributed by atoms with Gasteiger partial charge in [0.15, 0.2) is 5.88 Å². The summed E-state index contributed by atoms with van der Waals surface area (Å²) in [5.74, 6) is 0.00798. The van der Waals surface area contributed by atoms with Crippen LogP contribution in [-0.2, 0) is 9.59 Å². The summed E-state index contributed by atoms with van der Waals surface area (Å²) in [4.78, 5) is 29.2. The fourth-order valence-corrected chi connectivity index (χ4v) is 3.76. The lowest BCUT2D eigenvalue weighted by molar-refractivity contribution is -0.145. The number of nitrogens with zero attached hydrogens (tertiary/aromatic N) is 2. The minimum atomic E-state index is -0.310. The quantitative estimate of drug-likeness (QED) is 0.790. The van der Waals surface area contributed by atoms with E-state index in [9.17, 15) is 9.59 Å². The van der Waals surface area contributed by atoms with Gasteiger partial charge in [-0.3, -0.25) is 14.5 Å². The predicted octanol–water partition coefficient (Wildman–Crippen LogP) is 2.13. The summed E-state index contributed by atoms with van der Waals surface area (Å²) in [5.41, 5.74) is 8.41. The Morgan fingerprint density at radius 3 is 2.69 bits per heavy atom. The lowest BCUT2D eigenvalue weighted by Crippen LogP contribution is -2.47. The van der Waals surface area contributed by atoms with Crippen LogP contribution in [0.1, 0.15) is 43.7 Å². The van der Waals surface area contributed by atoms with E-state index in [1.807, 2.05) is 25.1 Å². The second-order valence-corrected chi connectivity index (χ2v) is 6.91. The third-order valence-electron chi connectivity index (χ3n) is 5.28. The van der Waals surface area contributed by atoms with Gasteiger partial charge in [-0.1, -0.05) is 31.5 Å². The van der Waals surface area contributed by atoms with Gasteiger partial charge in [0.05, 0.1) is 5.57 Å². The Morgan fingerprint density at radius 1 is 1.27 bits per heavy atom. The molecule has 2 N–H and O–H groups in total. The summed E-state index contributed by atoms with van der Waals surface area (Å²) in [6.45, 7) is 9.39. The molecule has 26 heavy (non-hydrogen) atoms. The number of amides is 2. The van der Waals surface area contributed by atoms with E-state index in [-0.39, 0.29) is 30.0 Å². The second-order valence-electron chi connectivity index (χ2n) is 6.91. The Hall–Kier alpha value is -2.34. The highest BCUT2D eigenvalue weighted by Crippen LogP contribution is 2.43. The number of fused-ring (bicyclic) bond motifs is 3. The van der Waals surface area contributed by atoms with Crippen LogP contribution in [0.4, 0.5) is 0 Å². The van der Waals surface area contributed by atoms with Crippen LogP contribution in [-0.4, -0.2) is 47.8 Å². The molecule has 2 heterocycles. The van der Waals surface area contributed by atoms with Crippen molar-refractivity contribution in [2.24, 2.45) is 5.73 Å². The third-order valence-corrected chi connectivity index (χ3v) is 5.28. The lowest BCUT2D eigenvalue weighted by atomic mass is 9.82. The molecule has 0 aromatic heterocycles. The molecule has 0 spiro atoms. The molecule has 1 saturated heterocycles. The minimum absolute atomic E-state index is 0.123. The maximum Gasteiger partial charge on any atom is 0.262 e. The van der Waals surface area contributed by atoms with Crippen molar-refractivity contribution >= 4 is 11.8 Å². The number of hydrogen-bond donors (Lipinski definition) is 1. The van der Waals surface area contributed by atoms with Crippen LogP contribution in [0.25, 0.3) is 0 Å². The van der Waals surface area contributed by atoms with E-state index >= 15 is 0 Å². The van der Waals surface area contributed by atoms with Gasteiger partial charge in [-0.15, -0.1) is 0 Å². The Balaban J connectivity index is 1.80. The number of likely N-dealkylation sites (tertiary alicyclic amines) is 1. The van der Waals surface area contributed by atoms with Gasteiger partial charge in [-0.2, -0.15) is 0 Å². The molecule has 1 aromatic rings. The molecule has 3 rings (SSSR count). The average molecular weight is 357 g/mol. The Kier molecular flexibility index (Phi) is 5.32. The summed E-state index contributed by atoms with van der Waals surface area (Å²) in [5, 5.41) is 0. The van der Waals surface area contributed by atoms with Crippen LogP contribution in [0.5, 0.6) is 5.75 Å². The van der Waals surface area contributed by atoms with E-state index in [1.165, 1.54) is 4.90 Å². The smallest absolute Gasteiger partial charge is 0.262 e. The predicted molar refractivity (Wildman–Crippen MR) is 99.5 cm³/mol. The van der Waals surface area contributed by atoms with Gasteiger partial charge in [0.2, 0.25) is 5.91 Å². The lowest BCUT2D eigenvalue weighted by Gasteiger charge is -2.36. The number of ether oxygens (including phenoxy) is 1. The van der Waals surface area contributed by atoms with Crippen LogP contribution in [0.2, 0.25) is 0 Å². The number of nitrogens with two attached hydrogens (primary N) is 1. The van der Waals surface area contributed by atoms with Crippen molar-refractivity contribution in [2.75, 3.05) is 26.2 Å². The molecule has 2 aliphatic rings. The average Bonchev–Trinajstić information content (AvgIpc) is 2.61. The first-order valence-corrected chi connectivity index (χ1v) is 9.31. The Labute approximate surface area is 154 Å². The van der Waals surface area contributed by atoms with Crippen molar-refractivity contribution in [1.82, 2.24) is 9.80 Å². The molecule has 1 unspecified atom stereocenters. The van der Waals surface area contributed by atoms with Gasteiger partial charge in [0, 0.05) is 24.4 Å². The first kappa shape index (κ1) is 18.5. The van der Waals surface area contributed by atoms with E-state index < -0.39 is 0 Å². The normalized spacial score (nSPS) is 19.5. The molecule has 1 aromatic carbocycles. The number of rotatable bonds is 6. The highest BCUT2D eigenvalue weighted by molar-refractivity contribution is 6.09. The van der Waals surface area contributed by atoms with Gasteiger partial charge in [-0.05, 0) is 39.0 Å². The van der Waals surface area contributed by atoms with Gasteiger partial charge in [0.25, 0.3) is 5.91 Å². The molecule has 1 fully saturated rings. The van der Waals surface area contributed by atoms with Crippen molar-refractivity contribution < 1.29 is 14.3 Å². The summed E-state index contributed by atoms with van der Waals surface area (Å²) in [7, 11) is 0. The number of carbonyl (C=O) groups is 2. The van der Waals surface area contributed by atoms with E-state index in [4.69, 9.17) is 10.5 Å².